The maximum absolute atomic E-state index is 14.9. The summed E-state index contributed by atoms with van der Waals surface area (Å²) in [4.78, 5) is 0. The van der Waals surface area contributed by atoms with Crippen molar-refractivity contribution in [3.8, 4) is 11.1 Å². The first-order valence-electron chi connectivity index (χ1n) is 11.6. The highest BCUT2D eigenvalue weighted by atomic mass is 35.5. The van der Waals surface area contributed by atoms with Gasteiger partial charge < -0.3 is 0 Å². The molecule has 0 aromatic heterocycles. The Bertz CT molecular complexity index is 953. The number of benzene rings is 2. The summed E-state index contributed by atoms with van der Waals surface area (Å²) in [5.41, 5.74) is 0.0387. The third kappa shape index (κ3) is 4.90. The largest absolute Gasteiger partial charge is 0.206 e. The van der Waals surface area contributed by atoms with Gasteiger partial charge in [-0.1, -0.05) is 30.2 Å². The molecule has 32 heavy (non-hydrogen) atoms. The van der Waals surface area contributed by atoms with E-state index in [2.05, 4.69) is 19.1 Å². The summed E-state index contributed by atoms with van der Waals surface area (Å²) < 4.78 is 57.5. The van der Waals surface area contributed by atoms with Crippen molar-refractivity contribution in [1.82, 2.24) is 0 Å². The Hall–Kier alpha value is -1.81. The molecule has 5 heteroatoms. The lowest BCUT2D eigenvalue weighted by atomic mass is 9.63. The van der Waals surface area contributed by atoms with Crippen molar-refractivity contribution in [3.63, 3.8) is 0 Å². The zero-order valence-corrected chi connectivity index (χ0v) is 19.1. The van der Waals surface area contributed by atoms with E-state index in [4.69, 9.17) is 11.6 Å². The van der Waals surface area contributed by atoms with Gasteiger partial charge >= 0.3 is 0 Å². The number of allylic oxidation sites excluding steroid dienone is 2. The van der Waals surface area contributed by atoms with Crippen molar-refractivity contribution in [2.45, 2.75) is 64.2 Å². The number of hydrogen-bond donors (Lipinski definition) is 0. The van der Waals surface area contributed by atoms with Gasteiger partial charge in [-0.05, 0) is 111 Å². The monoisotopic (exact) mass is 464 g/mol. The number of rotatable bonds is 5. The van der Waals surface area contributed by atoms with Crippen LogP contribution in [-0.2, 0) is 0 Å². The van der Waals surface area contributed by atoms with Gasteiger partial charge in [0.2, 0.25) is 0 Å². The molecule has 0 bridgehead atoms. The Morgan fingerprint density at radius 2 is 1.47 bits per heavy atom. The minimum absolute atomic E-state index is 0.118. The molecule has 0 nitrogen and oxygen atoms in total. The molecular formula is C27H29ClF4. The molecule has 2 aliphatic carbocycles. The van der Waals surface area contributed by atoms with Crippen LogP contribution in [0.5, 0.6) is 0 Å². The molecule has 2 aromatic rings. The molecule has 0 heterocycles. The predicted molar refractivity (Wildman–Crippen MR) is 122 cm³/mol. The van der Waals surface area contributed by atoms with Crippen LogP contribution in [-0.4, -0.2) is 0 Å². The lowest BCUT2D eigenvalue weighted by Crippen LogP contribution is -2.30. The van der Waals surface area contributed by atoms with Crippen molar-refractivity contribution in [3.05, 3.63) is 70.3 Å². The maximum atomic E-state index is 14.9. The van der Waals surface area contributed by atoms with Crippen LogP contribution in [0.15, 0.2) is 36.4 Å². The van der Waals surface area contributed by atoms with Gasteiger partial charge in [-0.15, -0.1) is 0 Å². The SMILES string of the molecule is C/C=C/CCC1CCC2CC(c3cc(F)c(-c4cc(F)c(Cl)c(F)c4)c(F)c3)CCC2C1. The lowest BCUT2D eigenvalue weighted by Gasteiger charge is -2.42. The van der Waals surface area contributed by atoms with E-state index in [0.29, 0.717) is 17.4 Å². The van der Waals surface area contributed by atoms with Gasteiger partial charge in [0.25, 0.3) is 0 Å². The Morgan fingerprint density at radius 3 is 2.12 bits per heavy atom. The van der Waals surface area contributed by atoms with Crippen LogP contribution < -0.4 is 0 Å². The van der Waals surface area contributed by atoms with E-state index in [-0.39, 0.29) is 11.5 Å². The van der Waals surface area contributed by atoms with Crippen molar-refractivity contribution in [1.29, 1.82) is 0 Å². The molecule has 0 amide bonds. The van der Waals surface area contributed by atoms with E-state index in [0.717, 1.165) is 43.7 Å². The standard InChI is InChI=1S/C27H29ClF4/c1-2-3-4-5-16-6-7-18-11-19(9-8-17(18)10-16)20-12-22(29)26(23(30)13-20)21-14-24(31)27(28)25(32)15-21/h2-3,12-19H,4-11H2,1H3/b3-2+. The topological polar surface area (TPSA) is 0 Å². The molecule has 172 valence electrons. The van der Waals surface area contributed by atoms with Gasteiger partial charge in [-0.2, -0.15) is 0 Å². The molecule has 2 fully saturated rings. The molecule has 0 N–H and O–H groups in total. The summed E-state index contributed by atoms with van der Waals surface area (Å²) in [7, 11) is 0. The lowest BCUT2D eigenvalue weighted by molar-refractivity contribution is 0.115. The first kappa shape index (κ1) is 23.4. The van der Waals surface area contributed by atoms with E-state index in [1.807, 2.05) is 0 Å². The summed E-state index contributed by atoms with van der Waals surface area (Å²) >= 11 is 5.50. The van der Waals surface area contributed by atoms with Crippen LogP contribution in [0.25, 0.3) is 11.1 Å². The molecule has 0 spiro atoms. The second kappa shape index (κ2) is 9.99. The van der Waals surface area contributed by atoms with Crippen LogP contribution in [0.4, 0.5) is 17.6 Å². The van der Waals surface area contributed by atoms with Crippen LogP contribution in [0.1, 0.15) is 69.8 Å². The summed E-state index contributed by atoms with van der Waals surface area (Å²) in [6.45, 7) is 2.06. The summed E-state index contributed by atoms with van der Waals surface area (Å²) in [6, 6.07) is 4.42. The summed E-state index contributed by atoms with van der Waals surface area (Å²) in [5.74, 6) is -1.44. The van der Waals surface area contributed by atoms with Crippen LogP contribution in [0.2, 0.25) is 5.02 Å². The van der Waals surface area contributed by atoms with Crippen molar-refractivity contribution in [2.75, 3.05) is 0 Å². The molecule has 0 aliphatic heterocycles. The molecule has 2 saturated carbocycles. The molecule has 4 rings (SSSR count). The molecule has 0 saturated heterocycles. The zero-order valence-electron chi connectivity index (χ0n) is 18.3. The highest BCUT2D eigenvalue weighted by Gasteiger charge is 2.36. The van der Waals surface area contributed by atoms with Crippen LogP contribution in [0.3, 0.4) is 0 Å². The quantitative estimate of drug-likeness (QED) is 0.235. The summed E-state index contributed by atoms with van der Waals surface area (Å²) in [5, 5.41) is -0.681. The fraction of sp³-hybridized carbons (Fsp3) is 0.481. The third-order valence-electron chi connectivity index (χ3n) is 7.51. The average Bonchev–Trinajstić information content (AvgIpc) is 2.76. The van der Waals surface area contributed by atoms with Crippen molar-refractivity contribution >= 4 is 11.6 Å². The fourth-order valence-electron chi connectivity index (χ4n) is 5.85. The van der Waals surface area contributed by atoms with Crippen molar-refractivity contribution < 1.29 is 17.6 Å². The van der Waals surface area contributed by atoms with Gasteiger partial charge in [0, 0.05) is 0 Å². The molecule has 2 aliphatic rings. The van der Waals surface area contributed by atoms with Gasteiger partial charge in [0.15, 0.2) is 0 Å². The van der Waals surface area contributed by atoms with Crippen LogP contribution >= 0.6 is 11.6 Å². The first-order valence-corrected chi connectivity index (χ1v) is 12.0. The normalized spacial score (nSPS) is 25.8. The Kier molecular flexibility index (Phi) is 7.29. The third-order valence-corrected chi connectivity index (χ3v) is 7.87. The Labute approximate surface area is 192 Å². The zero-order chi connectivity index (χ0) is 22.8. The van der Waals surface area contributed by atoms with E-state index >= 15 is 0 Å². The van der Waals surface area contributed by atoms with E-state index in [9.17, 15) is 17.6 Å². The van der Waals surface area contributed by atoms with E-state index < -0.39 is 33.9 Å². The maximum Gasteiger partial charge on any atom is 0.145 e. The second-order valence-corrected chi connectivity index (χ2v) is 9.85. The highest BCUT2D eigenvalue weighted by Crippen LogP contribution is 2.49. The molecular weight excluding hydrogens is 436 g/mol. The van der Waals surface area contributed by atoms with Crippen molar-refractivity contribution in [2.24, 2.45) is 17.8 Å². The average molecular weight is 465 g/mol. The Balaban J connectivity index is 1.48. The molecule has 2 aromatic carbocycles. The molecule has 4 atom stereocenters. The van der Waals surface area contributed by atoms with Gasteiger partial charge in [0.1, 0.15) is 28.3 Å². The van der Waals surface area contributed by atoms with E-state index in [1.165, 1.54) is 37.8 Å². The second-order valence-electron chi connectivity index (χ2n) is 9.47. The van der Waals surface area contributed by atoms with Gasteiger partial charge in [-0.25, -0.2) is 17.6 Å². The first-order chi connectivity index (χ1) is 15.4. The predicted octanol–water partition coefficient (Wildman–Crippen LogP) is 9.22. The molecule has 0 radical (unpaired) electrons. The minimum atomic E-state index is -1.04. The van der Waals surface area contributed by atoms with Crippen LogP contribution in [0, 0.1) is 41.0 Å². The smallest absolute Gasteiger partial charge is 0.145 e. The highest BCUT2D eigenvalue weighted by molar-refractivity contribution is 6.31. The fourth-order valence-corrected chi connectivity index (χ4v) is 5.96. The summed E-state index contributed by atoms with van der Waals surface area (Å²) in [6.07, 6.45) is 13.4. The van der Waals surface area contributed by atoms with Gasteiger partial charge in [-0.3, -0.25) is 0 Å². The van der Waals surface area contributed by atoms with Gasteiger partial charge in [0.05, 0.1) is 5.56 Å². The van der Waals surface area contributed by atoms with E-state index in [1.54, 1.807) is 0 Å². The number of fused-ring (bicyclic) bond motifs is 1. The number of hydrogen-bond acceptors (Lipinski definition) is 0. The minimum Gasteiger partial charge on any atom is -0.206 e. The Morgan fingerprint density at radius 1 is 0.844 bits per heavy atom. The number of halogens is 5. The molecule has 4 unspecified atom stereocenters.